The zero-order valence-corrected chi connectivity index (χ0v) is 19.6. The normalized spacial score (nSPS) is 15.2. The molecule has 1 N–H and O–H groups in total. The molecule has 0 spiro atoms. The molecule has 3 aromatic carbocycles. The molecule has 1 aliphatic heterocycles. The van der Waals surface area contributed by atoms with Crippen LogP contribution >= 0.6 is 0 Å². The first-order valence-corrected chi connectivity index (χ1v) is 12.5. The van der Waals surface area contributed by atoms with Crippen LogP contribution in [-0.4, -0.2) is 31.7 Å². The summed E-state index contributed by atoms with van der Waals surface area (Å²) in [6, 6.07) is 21.9. The molecule has 33 heavy (non-hydrogen) atoms. The lowest BCUT2D eigenvalue weighted by molar-refractivity contribution is -0.120. The van der Waals surface area contributed by atoms with Gasteiger partial charge in [0, 0.05) is 19.0 Å². The summed E-state index contributed by atoms with van der Waals surface area (Å²) in [5, 5.41) is 2.97. The van der Waals surface area contributed by atoms with E-state index in [2.05, 4.69) is 5.32 Å². The zero-order chi connectivity index (χ0) is 23.4. The maximum Gasteiger partial charge on any atom is 0.243 e. The standard InChI is InChI=1S/C26H28N2O4S/c1-19-7-11-22(12-8-19)32-25-6-4-3-5-24(25)27-26(29)21-15-17-28(18-16-21)33(30,31)23-13-9-20(2)10-14-23/h3-14,21H,15-18H2,1-2H3,(H,27,29). The molecule has 1 aliphatic rings. The minimum Gasteiger partial charge on any atom is -0.455 e. The van der Waals surface area contributed by atoms with E-state index in [9.17, 15) is 13.2 Å². The number of piperidine rings is 1. The van der Waals surface area contributed by atoms with Crippen LogP contribution in [0.15, 0.2) is 77.7 Å². The van der Waals surface area contributed by atoms with E-state index in [0.717, 1.165) is 11.1 Å². The topological polar surface area (TPSA) is 75.7 Å². The fourth-order valence-corrected chi connectivity index (χ4v) is 5.31. The van der Waals surface area contributed by atoms with E-state index in [1.807, 2.05) is 56.3 Å². The highest BCUT2D eigenvalue weighted by Crippen LogP contribution is 2.31. The summed E-state index contributed by atoms with van der Waals surface area (Å²) in [4.78, 5) is 13.2. The van der Waals surface area contributed by atoms with E-state index >= 15 is 0 Å². The Morgan fingerprint density at radius 2 is 1.45 bits per heavy atom. The Morgan fingerprint density at radius 3 is 2.09 bits per heavy atom. The van der Waals surface area contributed by atoms with E-state index in [-0.39, 0.29) is 16.7 Å². The number of nitrogens with one attached hydrogen (secondary N) is 1. The molecule has 1 fully saturated rings. The van der Waals surface area contributed by atoms with Crippen molar-refractivity contribution < 1.29 is 17.9 Å². The molecule has 0 unspecified atom stereocenters. The molecule has 0 aromatic heterocycles. The maximum atomic E-state index is 12.9. The predicted molar refractivity (Wildman–Crippen MR) is 129 cm³/mol. The zero-order valence-electron chi connectivity index (χ0n) is 18.8. The summed E-state index contributed by atoms with van der Waals surface area (Å²) in [5.74, 6) is 0.871. The number of carbonyl (C=O) groups excluding carboxylic acids is 1. The number of ether oxygens (including phenoxy) is 1. The predicted octanol–water partition coefficient (Wildman–Crippen LogP) is 5.14. The van der Waals surface area contributed by atoms with Crippen molar-refractivity contribution in [2.24, 2.45) is 5.92 Å². The van der Waals surface area contributed by atoms with E-state index in [1.54, 1.807) is 30.3 Å². The van der Waals surface area contributed by atoms with Gasteiger partial charge < -0.3 is 10.1 Å². The highest BCUT2D eigenvalue weighted by molar-refractivity contribution is 7.89. The van der Waals surface area contributed by atoms with Gasteiger partial charge >= 0.3 is 0 Å². The van der Waals surface area contributed by atoms with Gasteiger partial charge in [0.25, 0.3) is 0 Å². The third-order valence-corrected chi connectivity index (χ3v) is 7.79. The van der Waals surface area contributed by atoms with Gasteiger partial charge in [-0.1, -0.05) is 47.5 Å². The molecule has 1 saturated heterocycles. The maximum absolute atomic E-state index is 12.9. The highest BCUT2D eigenvalue weighted by Gasteiger charge is 2.32. The summed E-state index contributed by atoms with van der Waals surface area (Å²) in [6.07, 6.45) is 0.940. The van der Waals surface area contributed by atoms with Gasteiger partial charge in [0.2, 0.25) is 15.9 Å². The van der Waals surface area contributed by atoms with Gasteiger partial charge in [-0.25, -0.2) is 8.42 Å². The van der Waals surface area contributed by atoms with Crippen molar-refractivity contribution in [3.8, 4) is 11.5 Å². The first-order valence-electron chi connectivity index (χ1n) is 11.0. The van der Waals surface area contributed by atoms with E-state index < -0.39 is 10.0 Å². The molecule has 0 atom stereocenters. The second-order valence-electron chi connectivity index (χ2n) is 8.39. The Hall–Kier alpha value is -3.16. The van der Waals surface area contributed by atoms with Crippen molar-refractivity contribution in [2.45, 2.75) is 31.6 Å². The fraction of sp³-hybridized carbons (Fsp3) is 0.269. The van der Waals surface area contributed by atoms with Crippen molar-refractivity contribution in [1.29, 1.82) is 0 Å². The number of sulfonamides is 1. The van der Waals surface area contributed by atoms with Gasteiger partial charge in [0.05, 0.1) is 10.6 Å². The van der Waals surface area contributed by atoms with Crippen LogP contribution in [-0.2, 0) is 14.8 Å². The Labute approximate surface area is 195 Å². The van der Waals surface area contributed by atoms with Crippen molar-refractivity contribution in [3.63, 3.8) is 0 Å². The quantitative estimate of drug-likeness (QED) is 0.548. The molecule has 0 radical (unpaired) electrons. The summed E-state index contributed by atoms with van der Waals surface area (Å²) < 4.78 is 33.3. The van der Waals surface area contributed by atoms with Gasteiger partial charge in [0.1, 0.15) is 5.75 Å². The number of aryl methyl sites for hydroxylation is 2. The van der Waals surface area contributed by atoms with Crippen LogP contribution in [0, 0.1) is 19.8 Å². The molecule has 0 aliphatic carbocycles. The van der Waals surface area contributed by atoms with Crippen molar-refractivity contribution in [2.75, 3.05) is 18.4 Å². The first-order chi connectivity index (χ1) is 15.8. The molecule has 7 heteroatoms. The average Bonchev–Trinajstić information content (AvgIpc) is 2.82. The lowest BCUT2D eigenvalue weighted by Crippen LogP contribution is -2.41. The number of nitrogens with zero attached hydrogens (tertiary/aromatic N) is 1. The Bertz CT molecular complexity index is 1210. The second-order valence-corrected chi connectivity index (χ2v) is 10.3. The summed E-state index contributed by atoms with van der Waals surface area (Å²) in [6.45, 7) is 4.56. The van der Waals surface area contributed by atoms with E-state index in [4.69, 9.17) is 4.74 Å². The fourth-order valence-electron chi connectivity index (χ4n) is 3.84. The summed E-state index contributed by atoms with van der Waals surface area (Å²) in [5.41, 5.74) is 2.74. The van der Waals surface area contributed by atoms with E-state index in [0.29, 0.717) is 43.1 Å². The lowest BCUT2D eigenvalue weighted by atomic mass is 9.97. The molecule has 1 heterocycles. The third-order valence-electron chi connectivity index (χ3n) is 5.88. The van der Waals surface area contributed by atoms with Crippen molar-refractivity contribution in [1.82, 2.24) is 4.31 Å². The number of hydrogen-bond acceptors (Lipinski definition) is 4. The van der Waals surface area contributed by atoms with Crippen molar-refractivity contribution in [3.05, 3.63) is 83.9 Å². The Kier molecular flexibility index (Phi) is 6.81. The second kappa shape index (κ2) is 9.77. The van der Waals surface area contributed by atoms with Crippen molar-refractivity contribution >= 4 is 21.6 Å². The minimum absolute atomic E-state index is 0.123. The number of rotatable bonds is 6. The van der Waals surface area contributed by atoms with Crippen LogP contribution < -0.4 is 10.1 Å². The van der Waals surface area contributed by atoms with Crippen LogP contribution in [0.4, 0.5) is 5.69 Å². The molecular formula is C26H28N2O4S. The summed E-state index contributed by atoms with van der Waals surface area (Å²) >= 11 is 0. The number of anilines is 1. The molecule has 0 bridgehead atoms. The van der Waals surface area contributed by atoms with Crippen LogP contribution in [0.2, 0.25) is 0 Å². The van der Waals surface area contributed by atoms with Gasteiger partial charge in [-0.3, -0.25) is 4.79 Å². The average molecular weight is 465 g/mol. The summed E-state index contributed by atoms with van der Waals surface area (Å²) in [7, 11) is -3.55. The molecule has 4 rings (SSSR count). The van der Waals surface area contributed by atoms with Gasteiger partial charge in [-0.05, 0) is 63.1 Å². The number of amides is 1. The van der Waals surface area contributed by atoms with Crippen LogP contribution in [0.3, 0.4) is 0 Å². The van der Waals surface area contributed by atoms with Crippen LogP contribution in [0.25, 0.3) is 0 Å². The third kappa shape index (κ3) is 5.43. The largest absolute Gasteiger partial charge is 0.455 e. The molecular weight excluding hydrogens is 436 g/mol. The lowest BCUT2D eigenvalue weighted by Gasteiger charge is -2.30. The number of carbonyl (C=O) groups is 1. The highest BCUT2D eigenvalue weighted by atomic mass is 32.2. The first kappa shape index (κ1) is 23.0. The molecule has 0 saturated carbocycles. The van der Waals surface area contributed by atoms with Gasteiger partial charge in [0.15, 0.2) is 5.75 Å². The molecule has 1 amide bonds. The SMILES string of the molecule is Cc1ccc(Oc2ccccc2NC(=O)C2CCN(S(=O)(=O)c3ccc(C)cc3)CC2)cc1. The number of benzene rings is 3. The number of para-hydroxylation sites is 2. The van der Waals surface area contributed by atoms with E-state index in [1.165, 1.54) is 4.31 Å². The minimum atomic E-state index is -3.55. The monoisotopic (exact) mass is 464 g/mol. The smallest absolute Gasteiger partial charge is 0.243 e. The van der Waals surface area contributed by atoms with Gasteiger partial charge in [-0.15, -0.1) is 0 Å². The molecule has 3 aromatic rings. The number of hydrogen-bond donors (Lipinski definition) is 1. The Balaban J connectivity index is 1.39. The molecule has 172 valence electrons. The van der Waals surface area contributed by atoms with Crippen LogP contribution in [0.1, 0.15) is 24.0 Å². The Morgan fingerprint density at radius 1 is 0.879 bits per heavy atom. The van der Waals surface area contributed by atoms with Gasteiger partial charge in [-0.2, -0.15) is 4.31 Å². The molecule has 6 nitrogen and oxygen atoms in total. The van der Waals surface area contributed by atoms with Crippen LogP contribution in [0.5, 0.6) is 11.5 Å².